The van der Waals surface area contributed by atoms with Crippen molar-refractivity contribution < 1.29 is 8.42 Å². The molecule has 116 valence electrons. The molecule has 19 heavy (non-hydrogen) atoms. The number of nitrogens with zero attached hydrogens (tertiary/aromatic N) is 2. The Kier molecular flexibility index (Phi) is 8.81. The van der Waals surface area contributed by atoms with Gasteiger partial charge >= 0.3 is 0 Å². The van der Waals surface area contributed by atoms with Gasteiger partial charge in [0.25, 0.3) is 10.2 Å². The van der Waals surface area contributed by atoms with Gasteiger partial charge in [0.05, 0.1) is 0 Å². The van der Waals surface area contributed by atoms with Crippen LogP contribution in [-0.2, 0) is 10.2 Å². The third-order valence-electron chi connectivity index (χ3n) is 2.84. The van der Waals surface area contributed by atoms with Crippen LogP contribution in [0.5, 0.6) is 0 Å². The Labute approximate surface area is 119 Å². The molecule has 0 spiro atoms. The van der Waals surface area contributed by atoms with E-state index in [4.69, 9.17) is 0 Å². The quantitative estimate of drug-likeness (QED) is 0.622. The SMILES string of the molecule is CCN(CC(C)C)S(=O)(=O)N(C)CCCNC(C)C. The average Bonchev–Trinajstić information content (AvgIpc) is 2.30. The fourth-order valence-corrected chi connectivity index (χ4v) is 3.37. The summed E-state index contributed by atoms with van der Waals surface area (Å²) in [5, 5.41) is 3.29. The third kappa shape index (κ3) is 7.25. The zero-order valence-electron chi connectivity index (χ0n) is 13.3. The molecule has 0 bridgehead atoms. The molecule has 1 N–H and O–H groups in total. The van der Waals surface area contributed by atoms with E-state index in [0.29, 0.717) is 31.6 Å². The monoisotopic (exact) mass is 293 g/mol. The first-order chi connectivity index (χ1) is 8.71. The molecule has 0 amide bonds. The van der Waals surface area contributed by atoms with Crippen LogP contribution in [0.3, 0.4) is 0 Å². The predicted molar refractivity (Wildman–Crippen MR) is 81.4 cm³/mol. The van der Waals surface area contributed by atoms with Gasteiger partial charge in [-0.05, 0) is 18.9 Å². The molecule has 0 rings (SSSR count). The van der Waals surface area contributed by atoms with Gasteiger partial charge in [-0.2, -0.15) is 17.0 Å². The van der Waals surface area contributed by atoms with Gasteiger partial charge in [0.15, 0.2) is 0 Å². The molecule has 0 aliphatic rings. The Morgan fingerprint density at radius 1 is 1.16 bits per heavy atom. The molecule has 0 aliphatic carbocycles. The van der Waals surface area contributed by atoms with Gasteiger partial charge in [-0.3, -0.25) is 0 Å². The molecule has 5 nitrogen and oxygen atoms in total. The van der Waals surface area contributed by atoms with Crippen molar-refractivity contribution in [3.63, 3.8) is 0 Å². The minimum Gasteiger partial charge on any atom is -0.314 e. The number of hydrogen-bond acceptors (Lipinski definition) is 3. The summed E-state index contributed by atoms with van der Waals surface area (Å²) in [5.41, 5.74) is 0. The fourth-order valence-electron chi connectivity index (χ4n) is 1.80. The summed E-state index contributed by atoms with van der Waals surface area (Å²) < 4.78 is 27.7. The molecule has 0 aliphatic heterocycles. The first-order valence-electron chi connectivity index (χ1n) is 7.16. The molecule has 0 aromatic rings. The lowest BCUT2D eigenvalue weighted by atomic mass is 10.2. The standard InChI is InChI=1S/C13H31N3O2S/c1-7-16(11-12(2)3)19(17,18)15(6)10-8-9-14-13(4)5/h12-14H,7-11H2,1-6H3. The first-order valence-corrected chi connectivity index (χ1v) is 8.56. The zero-order valence-corrected chi connectivity index (χ0v) is 14.1. The summed E-state index contributed by atoms with van der Waals surface area (Å²) in [6.07, 6.45) is 0.827. The maximum Gasteiger partial charge on any atom is 0.281 e. The Hall–Kier alpha value is -0.170. The van der Waals surface area contributed by atoms with E-state index in [1.165, 1.54) is 4.31 Å². The van der Waals surface area contributed by atoms with Gasteiger partial charge in [-0.25, -0.2) is 0 Å². The lowest BCUT2D eigenvalue weighted by Crippen LogP contribution is -2.44. The van der Waals surface area contributed by atoms with Crippen molar-refractivity contribution in [1.29, 1.82) is 0 Å². The van der Waals surface area contributed by atoms with E-state index in [0.717, 1.165) is 13.0 Å². The van der Waals surface area contributed by atoms with Crippen molar-refractivity contribution in [2.45, 2.75) is 47.1 Å². The highest BCUT2D eigenvalue weighted by atomic mass is 32.2. The van der Waals surface area contributed by atoms with E-state index in [9.17, 15) is 8.42 Å². The van der Waals surface area contributed by atoms with Crippen molar-refractivity contribution in [2.24, 2.45) is 5.92 Å². The van der Waals surface area contributed by atoms with Crippen molar-refractivity contribution in [3.8, 4) is 0 Å². The first kappa shape index (κ1) is 18.8. The second-order valence-electron chi connectivity index (χ2n) is 5.64. The lowest BCUT2D eigenvalue weighted by Gasteiger charge is -2.27. The lowest BCUT2D eigenvalue weighted by molar-refractivity contribution is 0.338. The largest absolute Gasteiger partial charge is 0.314 e. The van der Waals surface area contributed by atoms with Crippen LogP contribution in [0.25, 0.3) is 0 Å². The smallest absolute Gasteiger partial charge is 0.281 e. The second kappa shape index (κ2) is 8.89. The molecule has 0 saturated carbocycles. The molecular weight excluding hydrogens is 262 g/mol. The molecule has 0 aromatic heterocycles. The van der Waals surface area contributed by atoms with E-state index >= 15 is 0 Å². The van der Waals surface area contributed by atoms with Gasteiger partial charge in [-0.15, -0.1) is 0 Å². The zero-order chi connectivity index (χ0) is 15.1. The predicted octanol–water partition coefficient (Wildman–Crippen LogP) is 1.53. The summed E-state index contributed by atoms with van der Waals surface area (Å²) in [6, 6.07) is 0.440. The summed E-state index contributed by atoms with van der Waals surface area (Å²) >= 11 is 0. The van der Waals surface area contributed by atoms with Gasteiger partial charge < -0.3 is 5.32 Å². The Bertz CT molecular complexity index is 329. The maximum atomic E-state index is 12.4. The van der Waals surface area contributed by atoms with Crippen molar-refractivity contribution in [2.75, 3.05) is 33.2 Å². The van der Waals surface area contributed by atoms with Crippen LogP contribution in [0.1, 0.15) is 41.0 Å². The normalized spacial score (nSPS) is 13.2. The summed E-state index contributed by atoms with van der Waals surface area (Å²) in [6.45, 7) is 12.6. The fraction of sp³-hybridized carbons (Fsp3) is 1.00. The Balaban J connectivity index is 4.36. The van der Waals surface area contributed by atoms with Crippen LogP contribution in [0.2, 0.25) is 0 Å². The summed E-state index contributed by atoms with van der Waals surface area (Å²) in [7, 11) is -1.65. The molecule has 0 atom stereocenters. The van der Waals surface area contributed by atoms with Crippen LogP contribution in [-0.4, -0.2) is 56.3 Å². The van der Waals surface area contributed by atoms with Crippen LogP contribution in [0, 0.1) is 5.92 Å². The van der Waals surface area contributed by atoms with Crippen LogP contribution < -0.4 is 5.32 Å². The molecule has 0 fully saturated rings. The second-order valence-corrected chi connectivity index (χ2v) is 7.67. The van der Waals surface area contributed by atoms with Crippen LogP contribution in [0.15, 0.2) is 0 Å². The third-order valence-corrected chi connectivity index (χ3v) is 4.87. The topological polar surface area (TPSA) is 52.7 Å². The van der Waals surface area contributed by atoms with Gasteiger partial charge in [0.2, 0.25) is 0 Å². The van der Waals surface area contributed by atoms with E-state index < -0.39 is 10.2 Å². The van der Waals surface area contributed by atoms with Gasteiger partial charge in [-0.1, -0.05) is 34.6 Å². The molecule has 0 aromatic carbocycles. The van der Waals surface area contributed by atoms with Crippen molar-refractivity contribution in [1.82, 2.24) is 13.9 Å². The number of rotatable bonds is 10. The minimum atomic E-state index is -3.31. The van der Waals surface area contributed by atoms with Crippen LogP contribution in [0.4, 0.5) is 0 Å². The molecular formula is C13H31N3O2S. The molecule has 6 heteroatoms. The number of nitrogens with one attached hydrogen (secondary N) is 1. The van der Waals surface area contributed by atoms with E-state index in [1.54, 1.807) is 11.4 Å². The summed E-state index contributed by atoms with van der Waals surface area (Å²) in [4.78, 5) is 0. The molecule has 0 saturated heterocycles. The van der Waals surface area contributed by atoms with E-state index in [2.05, 4.69) is 19.2 Å². The highest BCUT2D eigenvalue weighted by Gasteiger charge is 2.25. The Morgan fingerprint density at radius 2 is 1.74 bits per heavy atom. The maximum absolute atomic E-state index is 12.4. The van der Waals surface area contributed by atoms with Crippen molar-refractivity contribution >= 4 is 10.2 Å². The van der Waals surface area contributed by atoms with Crippen LogP contribution >= 0.6 is 0 Å². The molecule has 0 heterocycles. The highest BCUT2D eigenvalue weighted by Crippen LogP contribution is 2.09. The van der Waals surface area contributed by atoms with E-state index in [1.807, 2.05) is 20.8 Å². The summed E-state index contributed by atoms with van der Waals surface area (Å²) in [5.74, 6) is 0.339. The average molecular weight is 293 g/mol. The molecule has 0 unspecified atom stereocenters. The van der Waals surface area contributed by atoms with Gasteiger partial charge in [0.1, 0.15) is 0 Å². The number of hydrogen-bond donors (Lipinski definition) is 1. The Morgan fingerprint density at radius 3 is 2.16 bits per heavy atom. The van der Waals surface area contributed by atoms with Crippen molar-refractivity contribution in [3.05, 3.63) is 0 Å². The van der Waals surface area contributed by atoms with Gasteiger partial charge in [0, 0.05) is 32.7 Å². The molecule has 0 radical (unpaired) electrons. The minimum absolute atomic E-state index is 0.339. The highest BCUT2D eigenvalue weighted by molar-refractivity contribution is 7.86. The van der Waals surface area contributed by atoms with E-state index in [-0.39, 0.29) is 0 Å².